The maximum Gasteiger partial charge on any atom is 0.313 e. The molecule has 2 aromatic rings. The van der Waals surface area contributed by atoms with Crippen LogP contribution in [-0.4, -0.2) is 138 Å². The van der Waals surface area contributed by atoms with E-state index >= 15 is 0 Å². The van der Waals surface area contributed by atoms with Gasteiger partial charge in [-0.2, -0.15) is 0 Å². The summed E-state index contributed by atoms with van der Waals surface area (Å²) >= 11 is 0. The second-order valence-electron chi connectivity index (χ2n) is 17.6. The summed E-state index contributed by atoms with van der Waals surface area (Å²) < 4.78 is 53.4. The standard InChI is InChI=1S/C48H66N2O11/c1-53-39-15-13-31(27-43(39)55-3)21-25-57-37-11-7-5-9-35(37)49-23-19-33(29-49)59-47(51)45-41-17-18-42(61-41)46(45)48(52)60-34-20-24-50(30-34)36-10-6-8-12-38(36)58-26-22-32-14-16-40(54-2)44(28-32)56-4/h13-18,27-28,33-38,41-42,45-46H,5-12,19-26,29-30H2,1-4H3/t33-,34?,35-,36?,37?,38-,41?,42?,45?,46?/m1/s1. The first-order valence-corrected chi connectivity index (χ1v) is 22.7. The predicted octanol–water partition coefficient (Wildman–Crippen LogP) is 5.97. The number of carbonyl (C=O) groups excluding carboxylic acids is 2. The van der Waals surface area contributed by atoms with Crippen molar-refractivity contribution >= 4 is 11.9 Å². The zero-order valence-corrected chi connectivity index (χ0v) is 36.5. The van der Waals surface area contributed by atoms with Crippen molar-refractivity contribution in [1.29, 1.82) is 0 Å². The average Bonchev–Trinajstić information content (AvgIpc) is 4.13. The maximum atomic E-state index is 13.9. The quantitative estimate of drug-likeness (QED) is 0.130. The van der Waals surface area contributed by atoms with Gasteiger partial charge in [-0.3, -0.25) is 19.4 Å². The molecule has 0 N–H and O–H groups in total. The first-order valence-electron chi connectivity index (χ1n) is 22.7. The number of methoxy groups -OCH3 is 4. The van der Waals surface area contributed by atoms with Crippen molar-refractivity contribution < 1.29 is 52.2 Å². The minimum atomic E-state index is -0.710. The lowest BCUT2D eigenvalue weighted by molar-refractivity contribution is -0.165. The molecule has 0 spiro atoms. The van der Waals surface area contributed by atoms with Gasteiger partial charge in [0.15, 0.2) is 23.0 Å². The third kappa shape index (κ3) is 10.2. The number of likely N-dealkylation sites (tertiary alicyclic amines) is 2. The van der Waals surface area contributed by atoms with Crippen LogP contribution in [0.25, 0.3) is 0 Å². The third-order valence-electron chi connectivity index (χ3n) is 14.0. The summed E-state index contributed by atoms with van der Waals surface area (Å²) in [7, 11) is 6.59. The van der Waals surface area contributed by atoms with Crippen LogP contribution in [0.1, 0.15) is 75.3 Å². The molecule has 2 aliphatic carbocycles. The van der Waals surface area contributed by atoms with E-state index in [4.69, 9.17) is 42.6 Å². The average molecular weight is 847 g/mol. The summed E-state index contributed by atoms with van der Waals surface area (Å²) in [6.45, 7) is 4.26. The van der Waals surface area contributed by atoms with Gasteiger partial charge in [0.25, 0.3) is 0 Å². The molecule has 13 nitrogen and oxygen atoms in total. The van der Waals surface area contributed by atoms with Crippen molar-refractivity contribution in [2.75, 3.05) is 67.8 Å². The van der Waals surface area contributed by atoms with E-state index in [1.54, 1.807) is 28.4 Å². The molecule has 8 rings (SSSR count). The van der Waals surface area contributed by atoms with Gasteiger partial charge in [-0.25, -0.2) is 0 Å². The van der Waals surface area contributed by atoms with Crippen LogP contribution in [0, 0.1) is 11.8 Å². The molecule has 2 saturated carbocycles. The number of esters is 2. The Morgan fingerprint density at radius 1 is 0.574 bits per heavy atom. The van der Waals surface area contributed by atoms with E-state index in [0.717, 1.165) is 124 Å². The molecule has 13 heteroatoms. The summed E-state index contributed by atoms with van der Waals surface area (Å²) in [6.07, 6.45) is 14.5. The number of fused-ring (bicyclic) bond motifs is 2. The van der Waals surface area contributed by atoms with Crippen molar-refractivity contribution in [3.8, 4) is 23.0 Å². The fourth-order valence-corrected chi connectivity index (χ4v) is 10.8. The molecule has 334 valence electrons. The van der Waals surface area contributed by atoms with Crippen molar-refractivity contribution in [2.24, 2.45) is 11.8 Å². The number of ether oxygens (including phenoxy) is 9. The molecule has 0 radical (unpaired) electrons. The largest absolute Gasteiger partial charge is 0.493 e. The lowest BCUT2D eigenvalue weighted by atomic mass is 9.83. The van der Waals surface area contributed by atoms with E-state index in [9.17, 15) is 9.59 Å². The van der Waals surface area contributed by atoms with Gasteiger partial charge in [-0.15, -0.1) is 0 Å². The van der Waals surface area contributed by atoms with Crippen LogP contribution in [0.4, 0.5) is 0 Å². The summed E-state index contributed by atoms with van der Waals surface area (Å²) in [6, 6.07) is 12.6. The number of benzene rings is 2. The molecule has 4 heterocycles. The maximum absolute atomic E-state index is 13.9. The number of hydrogen-bond donors (Lipinski definition) is 0. The van der Waals surface area contributed by atoms with E-state index in [1.807, 2.05) is 36.4 Å². The topological polar surface area (TPSA) is 124 Å². The molecule has 5 fully saturated rings. The van der Waals surface area contributed by atoms with Crippen molar-refractivity contribution in [2.45, 2.75) is 126 Å². The molecule has 6 aliphatic rings. The van der Waals surface area contributed by atoms with Crippen LogP contribution in [0.2, 0.25) is 0 Å². The van der Waals surface area contributed by atoms with Crippen LogP contribution < -0.4 is 18.9 Å². The van der Waals surface area contributed by atoms with E-state index in [-0.39, 0.29) is 48.4 Å². The molecular formula is C48H66N2O11. The Kier molecular flexibility index (Phi) is 14.7. The first kappa shape index (κ1) is 43.8. The number of hydrogen-bond acceptors (Lipinski definition) is 13. The van der Waals surface area contributed by atoms with Gasteiger partial charge < -0.3 is 42.6 Å². The Bertz CT molecular complexity index is 1700. The SMILES string of the molecule is COc1ccc(CCOC2CCCC[C@H]2N2CC[C@@H](OC(=O)C3C4C=CC(O4)C3C(=O)OC3CCN(C4CCCC[C@H]4OCCc4ccc(OC)c(OC)c4)C3)C2)cc1OC. The minimum absolute atomic E-state index is 0.129. The van der Waals surface area contributed by atoms with Crippen LogP contribution in [0.15, 0.2) is 48.6 Å². The summed E-state index contributed by atoms with van der Waals surface area (Å²) in [5.74, 6) is 0.738. The van der Waals surface area contributed by atoms with Crippen molar-refractivity contribution in [3.63, 3.8) is 0 Å². The normalized spacial score (nSPS) is 31.3. The van der Waals surface area contributed by atoms with Gasteiger partial charge in [-0.1, -0.05) is 50.0 Å². The second-order valence-corrected chi connectivity index (χ2v) is 17.6. The molecule has 7 unspecified atom stereocenters. The number of nitrogens with zero attached hydrogens (tertiary/aromatic N) is 2. The number of rotatable bonds is 18. The molecule has 3 saturated heterocycles. The predicted molar refractivity (Wildman–Crippen MR) is 227 cm³/mol. The Morgan fingerprint density at radius 2 is 1.00 bits per heavy atom. The monoisotopic (exact) mass is 846 g/mol. The fourth-order valence-electron chi connectivity index (χ4n) is 10.8. The highest BCUT2D eigenvalue weighted by atomic mass is 16.6. The summed E-state index contributed by atoms with van der Waals surface area (Å²) in [5.41, 5.74) is 2.28. The highest BCUT2D eigenvalue weighted by molar-refractivity contribution is 5.85. The van der Waals surface area contributed by atoms with Gasteiger partial charge in [0.05, 0.1) is 66.1 Å². The van der Waals surface area contributed by atoms with Gasteiger partial charge in [0, 0.05) is 38.3 Å². The van der Waals surface area contributed by atoms with Gasteiger partial charge in [0.2, 0.25) is 0 Å². The Morgan fingerprint density at radius 3 is 1.43 bits per heavy atom. The fraction of sp³-hybridized carbons (Fsp3) is 0.667. The van der Waals surface area contributed by atoms with Crippen LogP contribution in [-0.2, 0) is 46.1 Å². The molecule has 2 aromatic carbocycles. The summed E-state index contributed by atoms with van der Waals surface area (Å²) in [5, 5.41) is 0. The second kappa shape index (κ2) is 20.5. The third-order valence-corrected chi connectivity index (χ3v) is 14.0. The van der Waals surface area contributed by atoms with Crippen molar-refractivity contribution in [1.82, 2.24) is 9.80 Å². The van der Waals surface area contributed by atoms with E-state index < -0.39 is 24.0 Å². The lowest BCUT2D eigenvalue weighted by Gasteiger charge is -2.38. The van der Waals surface area contributed by atoms with Crippen LogP contribution in [0.3, 0.4) is 0 Å². The van der Waals surface area contributed by atoms with E-state index in [1.165, 1.54) is 0 Å². The molecule has 0 aromatic heterocycles. The van der Waals surface area contributed by atoms with Crippen LogP contribution >= 0.6 is 0 Å². The molecule has 4 aliphatic heterocycles. The lowest BCUT2D eigenvalue weighted by Crippen LogP contribution is -2.47. The number of carbonyl (C=O) groups is 2. The van der Waals surface area contributed by atoms with E-state index in [2.05, 4.69) is 21.9 Å². The van der Waals surface area contributed by atoms with Crippen molar-refractivity contribution in [3.05, 3.63) is 59.7 Å². The molecule has 0 amide bonds. The smallest absolute Gasteiger partial charge is 0.313 e. The zero-order valence-electron chi connectivity index (χ0n) is 36.5. The Balaban J connectivity index is 0.804. The Hall–Kier alpha value is -3.88. The molecule has 61 heavy (non-hydrogen) atoms. The molecule has 10 atom stereocenters. The molecular weight excluding hydrogens is 781 g/mol. The summed E-state index contributed by atoms with van der Waals surface area (Å²) in [4.78, 5) is 32.8. The van der Waals surface area contributed by atoms with Crippen LogP contribution in [0.5, 0.6) is 23.0 Å². The van der Waals surface area contributed by atoms with Gasteiger partial charge >= 0.3 is 11.9 Å². The first-order chi connectivity index (χ1) is 29.8. The highest BCUT2D eigenvalue weighted by Gasteiger charge is 2.55. The molecule has 2 bridgehead atoms. The Labute approximate surface area is 361 Å². The highest BCUT2D eigenvalue weighted by Crippen LogP contribution is 2.42. The van der Waals surface area contributed by atoms with E-state index in [0.29, 0.717) is 26.3 Å². The minimum Gasteiger partial charge on any atom is -0.493 e. The zero-order chi connectivity index (χ0) is 42.3. The van der Waals surface area contributed by atoms with Gasteiger partial charge in [-0.05, 0) is 86.8 Å². The van der Waals surface area contributed by atoms with Gasteiger partial charge in [0.1, 0.15) is 24.0 Å².